The minimum absolute atomic E-state index is 0.0950. The van der Waals surface area contributed by atoms with Crippen molar-refractivity contribution in [2.24, 2.45) is 5.41 Å². The van der Waals surface area contributed by atoms with Crippen LogP contribution in [0, 0.1) is 12.3 Å². The van der Waals surface area contributed by atoms with Gasteiger partial charge in [-0.25, -0.2) is 0 Å². The molecule has 0 aliphatic carbocycles. The van der Waals surface area contributed by atoms with E-state index in [1.165, 1.54) is 7.11 Å². The number of ether oxygens (including phenoxy) is 1. The van der Waals surface area contributed by atoms with Gasteiger partial charge in [-0.3, -0.25) is 4.79 Å². The van der Waals surface area contributed by atoms with Crippen molar-refractivity contribution in [3.63, 3.8) is 0 Å². The standard InChI is InChI=1S/C13H17ClO4/c1-7-5-9(18-4)11(15)8(10(7)14)6-13(2,3)12(16)17/h5,15H,6H2,1-4H3,(H,16,17). The van der Waals surface area contributed by atoms with E-state index < -0.39 is 11.4 Å². The average Bonchev–Trinajstić information content (AvgIpc) is 2.29. The van der Waals surface area contributed by atoms with Crippen molar-refractivity contribution in [2.75, 3.05) is 7.11 Å². The van der Waals surface area contributed by atoms with Gasteiger partial charge in [0.15, 0.2) is 11.5 Å². The topological polar surface area (TPSA) is 66.8 Å². The summed E-state index contributed by atoms with van der Waals surface area (Å²) in [6.45, 7) is 4.95. The number of hydrogen-bond acceptors (Lipinski definition) is 3. The van der Waals surface area contributed by atoms with Crippen LogP contribution in [0.15, 0.2) is 6.07 Å². The quantitative estimate of drug-likeness (QED) is 0.884. The molecule has 18 heavy (non-hydrogen) atoms. The molecule has 0 saturated carbocycles. The highest BCUT2D eigenvalue weighted by Crippen LogP contribution is 2.40. The lowest BCUT2D eigenvalue weighted by Crippen LogP contribution is -2.26. The van der Waals surface area contributed by atoms with E-state index in [-0.39, 0.29) is 12.2 Å². The van der Waals surface area contributed by atoms with Crippen molar-refractivity contribution in [1.82, 2.24) is 0 Å². The van der Waals surface area contributed by atoms with Gasteiger partial charge < -0.3 is 14.9 Å². The lowest BCUT2D eigenvalue weighted by atomic mass is 9.85. The molecule has 0 aromatic heterocycles. The molecule has 5 heteroatoms. The van der Waals surface area contributed by atoms with Crippen LogP contribution in [0.5, 0.6) is 11.5 Å². The number of aliphatic carboxylic acids is 1. The van der Waals surface area contributed by atoms with Crippen molar-refractivity contribution < 1.29 is 19.7 Å². The molecule has 0 fully saturated rings. The Morgan fingerprint density at radius 1 is 1.50 bits per heavy atom. The highest BCUT2D eigenvalue weighted by Gasteiger charge is 2.30. The summed E-state index contributed by atoms with van der Waals surface area (Å²) in [7, 11) is 1.44. The Morgan fingerprint density at radius 2 is 2.06 bits per heavy atom. The number of rotatable bonds is 4. The molecule has 0 unspecified atom stereocenters. The number of aryl methyl sites for hydroxylation is 1. The predicted molar refractivity (Wildman–Crippen MR) is 69.5 cm³/mol. The van der Waals surface area contributed by atoms with Crippen LogP contribution in [0.2, 0.25) is 5.02 Å². The summed E-state index contributed by atoms with van der Waals surface area (Å²) in [4.78, 5) is 11.1. The average molecular weight is 273 g/mol. The molecule has 0 bridgehead atoms. The highest BCUT2D eigenvalue weighted by molar-refractivity contribution is 6.32. The number of carboxylic acids is 1. The monoisotopic (exact) mass is 272 g/mol. The van der Waals surface area contributed by atoms with Crippen LogP contribution in [0.1, 0.15) is 25.0 Å². The molecule has 0 amide bonds. The van der Waals surface area contributed by atoms with Crippen molar-refractivity contribution in [3.05, 3.63) is 22.2 Å². The van der Waals surface area contributed by atoms with Crippen molar-refractivity contribution >= 4 is 17.6 Å². The molecular formula is C13H17ClO4. The lowest BCUT2D eigenvalue weighted by Gasteiger charge is -2.22. The smallest absolute Gasteiger partial charge is 0.309 e. The number of hydrogen-bond donors (Lipinski definition) is 2. The Bertz CT molecular complexity index is 480. The molecular weight excluding hydrogens is 256 g/mol. The van der Waals surface area contributed by atoms with Gasteiger partial charge in [-0.15, -0.1) is 0 Å². The SMILES string of the molecule is COc1cc(C)c(Cl)c(CC(C)(C)C(=O)O)c1O. The van der Waals surface area contributed by atoms with E-state index in [0.29, 0.717) is 16.3 Å². The molecule has 1 rings (SSSR count). The van der Waals surface area contributed by atoms with Gasteiger partial charge in [0.25, 0.3) is 0 Å². The molecule has 2 N–H and O–H groups in total. The van der Waals surface area contributed by atoms with E-state index in [2.05, 4.69) is 0 Å². The highest BCUT2D eigenvalue weighted by atomic mass is 35.5. The zero-order valence-corrected chi connectivity index (χ0v) is 11.6. The molecule has 0 spiro atoms. The number of phenolic OH excluding ortho intramolecular Hbond substituents is 1. The maximum Gasteiger partial charge on any atom is 0.309 e. The maximum atomic E-state index is 11.1. The van der Waals surface area contributed by atoms with Crippen LogP contribution in [0.3, 0.4) is 0 Å². The summed E-state index contributed by atoms with van der Waals surface area (Å²) in [5.41, 5.74) is 0.128. The molecule has 0 heterocycles. The van der Waals surface area contributed by atoms with Gasteiger partial charge in [0.05, 0.1) is 17.5 Å². The first-order chi connectivity index (χ1) is 8.20. The van der Waals surface area contributed by atoms with Crippen LogP contribution < -0.4 is 4.74 Å². The van der Waals surface area contributed by atoms with E-state index in [9.17, 15) is 9.90 Å². The third-order valence-electron chi connectivity index (χ3n) is 2.90. The molecule has 0 aliphatic heterocycles. The third kappa shape index (κ3) is 2.70. The summed E-state index contributed by atoms with van der Waals surface area (Å²) >= 11 is 6.13. The van der Waals surface area contributed by atoms with Crippen LogP contribution >= 0.6 is 11.6 Å². The number of carboxylic acid groups (broad SMARTS) is 1. The van der Waals surface area contributed by atoms with Crippen LogP contribution in [0.4, 0.5) is 0 Å². The molecule has 1 aromatic rings. The van der Waals surface area contributed by atoms with Crippen LogP contribution in [-0.2, 0) is 11.2 Å². The Hall–Kier alpha value is -1.42. The molecule has 0 aliphatic rings. The molecule has 1 aromatic carbocycles. The first-order valence-electron chi connectivity index (χ1n) is 5.49. The van der Waals surface area contributed by atoms with Gasteiger partial charge in [-0.05, 0) is 38.8 Å². The molecule has 0 saturated heterocycles. The summed E-state index contributed by atoms with van der Waals surface area (Å²) in [5, 5.41) is 19.5. The second kappa shape index (κ2) is 5.06. The van der Waals surface area contributed by atoms with E-state index in [0.717, 1.165) is 5.56 Å². The summed E-state index contributed by atoms with van der Waals surface area (Å²) in [5.74, 6) is -0.742. The largest absolute Gasteiger partial charge is 0.504 e. The first-order valence-corrected chi connectivity index (χ1v) is 5.87. The Balaban J connectivity index is 3.32. The summed E-state index contributed by atoms with van der Waals surface area (Å²) < 4.78 is 5.04. The van der Waals surface area contributed by atoms with Crippen molar-refractivity contribution in [2.45, 2.75) is 27.2 Å². The molecule has 100 valence electrons. The van der Waals surface area contributed by atoms with E-state index >= 15 is 0 Å². The maximum absolute atomic E-state index is 11.1. The molecule has 0 radical (unpaired) electrons. The summed E-state index contributed by atoms with van der Waals surface area (Å²) in [6.07, 6.45) is 0.130. The Morgan fingerprint density at radius 3 is 2.50 bits per heavy atom. The van der Waals surface area contributed by atoms with E-state index in [1.807, 2.05) is 0 Å². The molecule has 0 atom stereocenters. The minimum atomic E-state index is -1.01. The predicted octanol–water partition coefficient (Wildman–Crippen LogP) is 3.02. The van der Waals surface area contributed by atoms with Gasteiger partial charge in [-0.2, -0.15) is 0 Å². The fourth-order valence-electron chi connectivity index (χ4n) is 1.65. The zero-order valence-electron chi connectivity index (χ0n) is 10.9. The van der Waals surface area contributed by atoms with Crippen molar-refractivity contribution in [3.8, 4) is 11.5 Å². The van der Waals surface area contributed by atoms with Gasteiger partial charge in [0.2, 0.25) is 0 Å². The number of halogens is 1. The Kier molecular flexibility index (Phi) is 4.12. The minimum Gasteiger partial charge on any atom is -0.504 e. The van der Waals surface area contributed by atoms with E-state index in [4.69, 9.17) is 21.4 Å². The summed E-state index contributed by atoms with van der Waals surface area (Å²) in [6, 6.07) is 1.62. The zero-order chi connectivity index (χ0) is 14.1. The van der Waals surface area contributed by atoms with Crippen LogP contribution in [0.25, 0.3) is 0 Å². The van der Waals surface area contributed by atoms with Gasteiger partial charge in [-0.1, -0.05) is 11.6 Å². The number of carbonyl (C=O) groups is 1. The number of methoxy groups -OCH3 is 1. The second-order valence-corrected chi connectivity index (χ2v) is 5.28. The fraction of sp³-hybridized carbons (Fsp3) is 0.462. The first kappa shape index (κ1) is 14.6. The van der Waals surface area contributed by atoms with Gasteiger partial charge in [0.1, 0.15) is 0 Å². The van der Waals surface area contributed by atoms with E-state index in [1.54, 1.807) is 26.8 Å². The fourth-order valence-corrected chi connectivity index (χ4v) is 1.86. The lowest BCUT2D eigenvalue weighted by molar-refractivity contribution is -0.146. The number of benzene rings is 1. The van der Waals surface area contributed by atoms with Gasteiger partial charge >= 0.3 is 5.97 Å². The Labute approximate surface area is 111 Å². The van der Waals surface area contributed by atoms with Crippen molar-refractivity contribution in [1.29, 1.82) is 0 Å². The number of aromatic hydroxyl groups is 1. The van der Waals surface area contributed by atoms with Gasteiger partial charge in [0, 0.05) is 5.56 Å². The molecule has 4 nitrogen and oxygen atoms in total. The van der Waals surface area contributed by atoms with Crippen LogP contribution in [-0.4, -0.2) is 23.3 Å². The second-order valence-electron chi connectivity index (χ2n) is 4.90. The number of phenols is 1. The normalized spacial score (nSPS) is 11.4. The third-order valence-corrected chi connectivity index (χ3v) is 3.42.